The molecule has 0 saturated carbocycles. The number of hydrogen-bond acceptors (Lipinski definition) is 14. The lowest BCUT2D eigenvalue weighted by molar-refractivity contribution is -0.256. The second kappa shape index (κ2) is 11.7. The summed E-state index contributed by atoms with van der Waals surface area (Å²) in [6, 6.07) is 3.39. The molecular formula is C30H31NO13. The second-order valence-electron chi connectivity index (χ2n) is 10.8. The summed E-state index contributed by atoms with van der Waals surface area (Å²) in [4.78, 5) is 56.5. The van der Waals surface area contributed by atoms with Gasteiger partial charge in [-0.15, -0.1) is 5.48 Å². The van der Waals surface area contributed by atoms with E-state index < -0.39 is 102 Å². The second-order valence-corrected chi connectivity index (χ2v) is 10.8. The fraction of sp³-hybridized carbons (Fsp3) is 0.400. The van der Waals surface area contributed by atoms with Crippen LogP contribution in [-0.4, -0.2) is 92.7 Å². The minimum Gasteiger partial charge on any atom is -0.507 e. The van der Waals surface area contributed by atoms with Crippen molar-refractivity contribution in [1.82, 2.24) is 5.48 Å². The predicted octanol–water partition coefficient (Wildman–Crippen LogP) is 0.276. The van der Waals surface area contributed by atoms with Crippen LogP contribution in [0, 0.1) is 0 Å². The fourth-order valence-electron chi connectivity index (χ4n) is 6.01. The van der Waals surface area contributed by atoms with E-state index in [1.807, 2.05) is 0 Å². The van der Waals surface area contributed by atoms with Crippen LogP contribution < -0.4 is 10.2 Å². The first-order chi connectivity index (χ1) is 20.9. The molecule has 1 aliphatic heterocycles. The van der Waals surface area contributed by atoms with Gasteiger partial charge in [-0.05, 0) is 13.0 Å². The molecule has 0 amide bonds. The maximum absolute atomic E-state index is 13.8. The van der Waals surface area contributed by atoms with Gasteiger partial charge >= 0.3 is 5.97 Å². The van der Waals surface area contributed by atoms with E-state index in [0.717, 1.165) is 6.08 Å². The van der Waals surface area contributed by atoms with Gasteiger partial charge in [-0.25, -0.2) is 4.79 Å². The van der Waals surface area contributed by atoms with Crippen LogP contribution in [0.25, 0.3) is 0 Å². The summed E-state index contributed by atoms with van der Waals surface area (Å²) >= 11 is 0. The molecule has 6 atom stereocenters. The number of ketones is 3. The molecule has 1 fully saturated rings. The van der Waals surface area contributed by atoms with E-state index in [-0.39, 0.29) is 34.4 Å². The Bertz CT molecular complexity index is 1570. The molecule has 0 spiro atoms. The van der Waals surface area contributed by atoms with Gasteiger partial charge in [0.25, 0.3) is 0 Å². The molecule has 2 aromatic carbocycles. The molecule has 1 heterocycles. The molecule has 234 valence electrons. The molecule has 0 aromatic heterocycles. The molecule has 3 aliphatic rings. The minimum absolute atomic E-state index is 0.0673. The average molecular weight is 614 g/mol. The highest BCUT2D eigenvalue weighted by atomic mass is 16.7. The molecule has 1 saturated heterocycles. The van der Waals surface area contributed by atoms with Gasteiger partial charge in [0.2, 0.25) is 5.78 Å². The number of fused-ring (bicyclic) bond motifs is 3. The van der Waals surface area contributed by atoms with Crippen molar-refractivity contribution >= 4 is 23.3 Å². The first kappa shape index (κ1) is 31.3. The number of aliphatic hydroxyl groups is 3. The molecule has 14 heteroatoms. The smallest absolute Gasteiger partial charge is 0.348 e. The molecule has 0 bridgehead atoms. The van der Waals surface area contributed by atoms with Crippen molar-refractivity contribution in [3.05, 3.63) is 64.2 Å². The highest BCUT2D eigenvalue weighted by molar-refractivity contribution is 6.31. The summed E-state index contributed by atoms with van der Waals surface area (Å²) in [5.41, 5.74) is -1.55. The number of Topliss-reactive ketones (excluding diaryl/α,β-unsaturated/α-hetero) is 1. The van der Waals surface area contributed by atoms with Crippen molar-refractivity contribution in [3.8, 4) is 17.2 Å². The Labute approximate surface area is 250 Å². The molecule has 44 heavy (non-hydrogen) atoms. The number of phenols is 2. The van der Waals surface area contributed by atoms with Crippen LogP contribution in [0.3, 0.4) is 0 Å². The molecular weight excluding hydrogens is 582 g/mol. The van der Waals surface area contributed by atoms with Crippen LogP contribution in [0.1, 0.15) is 68.8 Å². The molecule has 0 radical (unpaired) electrons. The number of carbonyl (C=O) groups is 4. The van der Waals surface area contributed by atoms with Crippen LogP contribution >= 0.6 is 0 Å². The van der Waals surface area contributed by atoms with Crippen molar-refractivity contribution in [3.63, 3.8) is 0 Å². The Kier molecular flexibility index (Phi) is 8.33. The fourth-order valence-corrected chi connectivity index (χ4v) is 6.01. The van der Waals surface area contributed by atoms with E-state index in [0.29, 0.717) is 0 Å². The standard InChI is InChI=1S/C30H31NO13/c1-4-19(34)44-31-15-8-20(42-12(2)25(15)35)43-17-10-30(40,18(33)11-32)9-14-22(17)29(39)24-23(27(14)37)26(36)13-6-5-7-16(41-3)21(13)28(24)38/h4-7,12,15,17,20,25,31-32,35,37,39-40H,1,8-11H2,2-3H3/t12?,15?,17-,20?,25?,30-/m0/s1. The number of nitrogens with one attached hydrogen (secondary N) is 1. The van der Waals surface area contributed by atoms with E-state index >= 15 is 0 Å². The van der Waals surface area contributed by atoms with Crippen molar-refractivity contribution < 1.29 is 63.8 Å². The van der Waals surface area contributed by atoms with Crippen LogP contribution in [0.5, 0.6) is 17.2 Å². The van der Waals surface area contributed by atoms with E-state index in [4.69, 9.17) is 19.0 Å². The van der Waals surface area contributed by atoms with Crippen molar-refractivity contribution in [1.29, 1.82) is 0 Å². The normalized spacial score (nSPS) is 27.5. The average Bonchev–Trinajstić information content (AvgIpc) is 3.01. The molecule has 6 N–H and O–H groups in total. The Morgan fingerprint density at radius 3 is 2.52 bits per heavy atom. The maximum Gasteiger partial charge on any atom is 0.348 e. The van der Waals surface area contributed by atoms with E-state index in [9.17, 15) is 44.7 Å². The Balaban J connectivity index is 1.61. The summed E-state index contributed by atoms with van der Waals surface area (Å²) in [7, 11) is 1.30. The zero-order chi connectivity index (χ0) is 32.1. The Hall–Kier alpha value is -4.18. The summed E-state index contributed by atoms with van der Waals surface area (Å²) in [6.45, 7) is 3.74. The van der Waals surface area contributed by atoms with Gasteiger partial charge in [-0.2, -0.15) is 0 Å². The number of aromatic hydroxyl groups is 2. The van der Waals surface area contributed by atoms with Gasteiger partial charge in [0.15, 0.2) is 17.9 Å². The molecule has 2 aliphatic carbocycles. The van der Waals surface area contributed by atoms with Gasteiger partial charge < -0.3 is 44.6 Å². The molecule has 5 rings (SSSR count). The van der Waals surface area contributed by atoms with Gasteiger partial charge in [-0.1, -0.05) is 18.7 Å². The highest BCUT2D eigenvalue weighted by Crippen LogP contribution is 2.52. The summed E-state index contributed by atoms with van der Waals surface area (Å²) in [5.74, 6) is -4.85. The summed E-state index contributed by atoms with van der Waals surface area (Å²) < 4.78 is 17.1. The predicted molar refractivity (Wildman–Crippen MR) is 147 cm³/mol. The van der Waals surface area contributed by atoms with E-state index in [1.165, 1.54) is 32.2 Å². The van der Waals surface area contributed by atoms with Gasteiger partial charge in [-0.3, -0.25) is 14.4 Å². The first-order valence-electron chi connectivity index (χ1n) is 13.7. The van der Waals surface area contributed by atoms with Gasteiger partial charge in [0, 0.05) is 42.0 Å². The zero-order valence-corrected chi connectivity index (χ0v) is 23.7. The lowest BCUT2D eigenvalue weighted by Crippen LogP contribution is -2.54. The summed E-state index contributed by atoms with van der Waals surface area (Å²) in [5, 5.41) is 54.5. The zero-order valence-electron chi connectivity index (χ0n) is 23.7. The van der Waals surface area contributed by atoms with Crippen LogP contribution in [0.4, 0.5) is 0 Å². The third kappa shape index (κ3) is 5.04. The largest absolute Gasteiger partial charge is 0.507 e. The first-order valence-corrected chi connectivity index (χ1v) is 13.7. The van der Waals surface area contributed by atoms with E-state index in [2.05, 4.69) is 12.1 Å². The number of rotatable bonds is 8. The number of hydrogen-bond donors (Lipinski definition) is 6. The Morgan fingerprint density at radius 2 is 1.86 bits per heavy atom. The number of ether oxygens (including phenoxy) is 3. The molecule has 2 aromatic rings. The molecule has 4 unspecified atom stereocenters. The lowest BCUT2D eigenvalue weighted by Gasteiger charge is -2.42. The number of phenolic OH excluding ortho intramolecular Hbond substituents is 2. The highest BCUT2D eigenvalue weighted by Gasteiger charge is 2.50. The number of methoxy groups -OCH3 is 1. The number of benzene rings is 2. The van der Waals surface area contributed by atoms with Crippen LogP contribution in [-0.2, 0) is 30.3 Å². The molecule has 14 nitrogen and oxygen atoms in total. The van der Waals surface area contributed by atoms with Crippen LogP contribution in [0.2, 0.25) is 0 Å². The van der Waals surface area contributed by atoms with E-state index in [1.54, 1.807) is 0 Å². The topological polar surface area (TPSA) is 218 Å². The SMILES string of the molecule is C=CC(=O)ONC1CC(O[C@H]2C[C@](O)(C(=O)CO)Cc3c(O)c4c(c(O)c32)C(=O)c2c(OC)cccc2C4=O)OC(C)C1O. The lowest BCUT2D eigenvalue weighted by atomic mass is 9.72. The third-order valence-electron chi connectivity index (χ3n) is 8.24. The monoisotopic (exact) mass is 613 g/mol. The quantitative estimate of drug-likeness (QED) is 0.114. The Morgan fingerprint density at radius 1 is 1.16 bits per heavy atom. The van der Waals surface area contributed by atoms with Gasteiger partial charge in [0.1, 0.15) is 29.5 Å². The van der Waals surface area contributed by atoms with Crippen molar-refractivity contribution in [2.75, 3.05) is 13.7 Å². The number of aliphatic hydroxyl groups excluding tert-OH is 2. The van der Waals surface area contributed by atoms with Crippen LogP contribution in [0.15, 0.2) is 30.9 Å². The third-order valence-corrected chi connectivity index (χ3v) is 8.24. The minimum atomic E-state index is -2.32. The number of carbonyl (C=O) groups excluding carboxylic acids is 4. The maximum atomic E-state index is 13.8. The van der Waals surface area contributed by atoms with Crippen molar-refractivity contribution in [2.45, 2.75) is 62.4 Å². The number of hydroxylamine groups is 1. The summed E-state index contributed by atoms with van der Waals surface area (Å²) in [6.07, 6.45) is -5.12. The van der Waals surface area contributed by atoms with Gasteiger partial charge in [0.05, 0.1) is 48.2 Å². The van der Waals surface area contributed by atoms with Crippen molar-refractivity contribution in [2.24, 2.45) is 0 Å².